The van der Waals surface area contributed by atoms with Crippen molar-refractivity contribution in [2.75, 3.05) is 13.7 Å². The van der Waals surface area contributed by atoms with E-state index in [0.717, 1.165) is 15.9 Å². The van der Waals surface area contributed by atoms with Crippen LogP contribution in [0.2, 0.25) is 5.04 Å². The molecule has 3 aromatic carbocycles. The van der Waals surface area contributed by atoms with Crippen LogP contribution in [-0.2, 0) is 34.8 Å². The van der Waals surface area contributed by atoms with Crippen LogP contribution >= 0.6 is 0 Å². The van der Waals surface area contributed by atoms with E-state index in [1.807, 2.05) is 48.5 Å². The molecule has 310 valence electrons. The molecule has 0 aromatic heterocycles. The molecule has 12 heteroatoms. The average molecular weight is 809 g/mol. The third-order valence-corrected chi connectivity index (χ3v) is 16.7. The van der Waals surface area contributed by atoms with Gasteiger partial charge in [0.05, 0.1) is 7.11 Å². The summed E-state index contributed by atoms with van der Waals surface area (Å²) in [6.45, 7) is 12.1. The van der Waals surface area contributed by atoms with Gasteiger partial charge in [-0.1, -0.05) is 107 Å². The number of benzene rings is 3. The van der Waals surface area contributed by atoms with Crippen LogP contribution in [-0.4, -0.2) is 86.1 Å². The fourth-order valence-corrected chi connectivity index (χ4v) is 12.7. The molecular weight excluding hydrogens is 749 g/mol. The minimum atomic E-state index is -2.95. The summed E-state index contributed by atoms with van der Waals surface area (Å²) in [4.78, 5) is 70.9. The Morgan fingerprint density at radius 2 is 1.53 bits per heavy atom. The van der Waals surface area contributed by atoms with Crippen LogP contribution in [0.5, 0.6) is 5.75 Å². The van der Waals surface area contributed by atoms with Crippen molar-refractivity contribution in [1.29, 1.82) is 0 Å². The van der Waals surface area contributed by atoms with Gasteiger partial charge in [0.15, 0.2) is 5.78 Å². The lowest BCUT2D eigenvalue weighted by atomic mass is 9.94. The molecule has 0 saturated carbocycles. The van der Waals surface area contributed by atoms with Gasteiger partial charge >= 0.3 is 0 Å². The third kappa shape index (κ3) is 9.95. The maximum Gasteiger partial charge on any atom is 0.262 e. The molecule has 0 radical (unpaired) electrons. The summed E-state index contributed by atoms with van der Waals surface area (Å²) in [5.74, 6) is -1.20. The minimum Gasteiger partial charge on any atom is -0.497 e. The average Bonchev–Trinajstić information content (AvgIpc) is 3.72. The van der Waals surface area contributed by atoms with Gasteiger partial charge < -0.3 is 30.0 Å². The van der Waals surface area contributed by atoms with Gasteiger partial charge in [0.25, 0.3) is 8.32 Å². The van der Waals surface area contributed by atoms with Crippen molar-refractivity contribution in [2.45, 2.75) is 121 Å². The zero-order chi connectivity index (χ0) is 42.1. The monoisotopic (exact) mass is 808 g/mol. The Labute approximate surface area is 344 Å². The highest BCUT2D eigenvalue weighted by atomic mass is 28.4. The van der Waals surface area contributed by atoms with Crippen LogP contribution in [0.1, 0.15) is 85.6 Å². The summed E-state index contributed by atoms with van der Waals surface area (Å²) in [5.41, 5.74) is -0.540. The second-order valence-electron chi connectivity index (χ2n) is 16.7. The van der Waals surface area contributed by atoms with E-state index in [0.29, 0.717) is 38.0 Å². The number of hydrogen-bond acceptors (Lipinski definition) is 7. The SMILES string of the molecule is CC[C@]1(C)NC(=O)[C@H](CCC/C=C/C(=O)[C@@H](C)O[Si](c2ccccc2)(c2ccccc2)C(C)(C)C)NC(=O)[C@H]2CCCN2C(=O)[C@H](Cc2ccc(OC)cc2)NC1=O. The Bertz CT molecular complexity index is 1890. The zero-order valence-electron chi connectivity index (χ0n) is 35.0. The van der Waals surface area contributed by atoms with Gasteiger partial charge in [0, 0.05) is 13.0 Å². The highest BCUT2D eigenvalue weighted by Gasteiger charge is 2.51. The fraction of sp³-hybridized carbons (Fsp3) is 0.457. The molecule has 2 saturated heterocycles. The molecule has 58 heavy (non-hydrogen) atoms. The van der Waals surface area contributed by atoms with Gasteiger partial charge in [-0.2, -0.15) is 0 Å². The molecule has 4 amide bonds. The van der Waals surface area contributed by atoms with Gasteiger partial charge in [-0.05, 0) is 91.6 Å². The van der Waals surface area contributed by atoms with Crippen molar-refractivity contribution in [3.8, 4) is 5.75 Å². The summed E-state index contributed by atoms with van der Waals surface area (Å²) in [6.07, 6.45) is 5.32. The fourth-order valence-electron chi connectivity index (χ4n) is 8.01. The first kappa shape index (κ1) is 44.0. The topological polar surface area (TPSA) is 143 Å². The molecule has 11 nitrogen and oxygen atoms in total. The standard InChI is InChI=1S/C46H60N4O7Si/c1-8-46(6)44(55)48-38(31-33-26-28-34(56-7)29-27-33)43(54)50-30-18-24-39(50)42(53)47-37(41(52)49-46)23-16-11-17-25-40(51)32(2)57-58(45(3,4)5,35-19-12-9-13-20-35)36-21-14-10-15-22-36/h9-10,12-15,17,19-22,25-29,32,37-39H,8,11,16,18,23-24,30-31H2,1-7H3,(H,47,53)(H,48,55)(H,49,52)/b25-17+/t32-,37+,38+,39-,46+/m1/s1. The van der Waals surface area contributed by atoms with Crippen molar-refractivity contribution in [2.24, 2.45) is 0 Å². The van der Waals surface area contributed by atoms with Crippen molar-refractivity contribution in [3.63, 3.8) is 0 Å². The lowest BCUT2D eigenvalue weighted by Gasteiger charge is -2.44. The molecule has 0 bridgehead atoms. The van der Waals surface area contributed by atoms with Crippen molar-refractivity contribution in [1.82, 2.24) is 20.9 Å². The number of nitrogens with zero attached hydrogens (tertiary/aromatic N) is 1. The molecule has 3 N–H and O–H groups in total. The highest BCUT2D eigenvalue weighted by molar-refractivity contribution is 6.99. The number of carbonyl (C=O) groups excluding carboxylic acids is 5. The molecule has 2 fully saturated rings. The van der Waals surface area contributed by atoms with Crippen molar-refractivity contribution in [3.05, 3.63) is 103 Å². The Kier molecular flexibility index (Phi) is 14.5. The second kappa shape index (κ2) is 19.1. The Balaban J connectivity index is 1.28. The van der Waals surface area contributed by atoms with Gasteiger partial charge in [-0.25, -0.2) is 0 Å². The number of carbonyl (C=O) groups is 5. The number of unbranched alkanes of at least 4 members (excludes halogenated alkanes) is 1. The van der Waals surface area contributed by atoms with E-state index in [9.17, 15) is 24.0 Å². The van der Waals surface area contributed by atoms with Gasteiger partial charge in [0.2, 0.25) is 23.6 Å². The smallest absolute Gasteiger partial charge is 0.262 e. The summed E-state index contributed by atoms with van der Waals surface area (Å²) < 4.78 is 12.3. The number of allylic oxidation sites excluding steroid dienone is 1. The van der Waals surface area contributed by atoms with Crippen molar-refractivity contribution >= 4 is 48.1 Å². The van der Waals surface area contributed by atoms with Crippen LogP contribution in [0.25, 0.3) is 0 Å². The molecule has 0 aliphatic carbocycles. The lowest BCUT2D eigenvalue weighted by molar-refractivity contribution is -0.144. The quantitative estimate of drug-likeness (QED) is 0.121. The Morgan fingerprint density at radius 3 is 2.10 bits per heavy atom. The zero-order valence-corrected chi connectivity index (χ0v) is 36.0. The summed E-state index contributed by atoms with van der Waals surface area (Å²) in [7, 11) is -1.37. The van der Waals surface area contributed by atoms with Crippen LogP contribution in [0.3, 0.4) is 0 Å². The first-order valence-electron chi connectivity index (χ1n) is 20.5. The second-order valence-corrected chi connectivity index (χ2v) is 20.9. The number of ketones is 1. The predicted octanol–water partition coefficient (Wildman–Crippen LogP) is 4.76. The number of nitrogens with one attached hydrogen (secondary N) is 3. The van der Waals surface area contributed by atoms with Crippen LogP contribution in [0.15, 0.2) is 97.1 Å². The normalized spacial score (nSPS) is 22.6. The van der Waals surface area contributed by atoms with Crippen LogP contribution in [0.4, 0.5) is 0 Å². The minimum absolute atomic E-state index is 0.161. The predicted molar refractivity (Wildman–Crippen MR) is 228 cm³/mol. The molecule has 3 aromatic rings. The van der Waals surface area contributed by atoms with Gasteiger partial charge in [-0.3, -0.25) is 24.0 Å². The summed E-state index contributed by atoms with van der Waals surface area (Å²) in [6, 6.07) is 24.9. The summed E-state index contributed by atoms with van der Waals surface area (Å²) >= 11 is 0. The molecule has 2 heterocycles. The molecule has 2 aliphatic rings. The van der Waals surface area contributed by atoms with E-state index in [1.165, 1.54) is 4.90 Å². The van der Waals surface area contributed by atoms with E-state index >= 15 is 0 Å². The lowest BCUT2D eigenvalue weighted by Crippen LogP contribution is -2.68. The first-order valence-corrected chi connectivity index (χ1v) is 22.4. The van der Waals surface area contributed by atoms with Crippen molar-refractivity contribution < 1.29 is 33.1 Å². The summed E-state index contributed by atoms with van der Waals surface area (Å²) in [5, 5.41) is 10.6. The van der Waals surface area contributed by atoms with E-state index < -0.39 is 55.8 Å². The third-order valence-electron chi connectivity index (χ3n) is 11.6. The number of ether oxygens (including phenoxy) is 1. The molecule has 2 aliphatic heterocycles. The van der Waals surface area contributed by atoms with E-state index in [1.54, 1.807) is 52.2 Å². The number of amides is 4. The number of fused-ring (bicyclic) bond motifs is 1. The molecule has 0 unspecified atom stereocenters. The van der Waals surface area contributed by atoms with E-state index in [2.05, 4.69) is 61.0 Å². The number of rotatable bonds is 14. The maximum atomic E-state index is 14.1. The Morgan fingerprint density at radius 1 is 0.914 bits per heavy atom. The van der Waals surface area contributed by atoms with Gasteiger partial charge in [0.1, 0.15) is 35.5 Å². The molecule has 5 atom stereocenters. The molecule has 0 spiro atoms. The number of hydrogen-bond donors (Lipinski definition) is 3. The molecule has 5 rings (SSSR count). The van der Waals surface area contributed by atoms with Gasteiger partial charge in [-0.15, -0.1) is 0 Å². The Hall–Kier alpha value is -5.07. The van der Waals surface area contributed by atoms with E-state index in [-0.39, 0.29) is 36.0 Å². The van der Waals surface area contributed by atoms with E-state index in [4.69, 9.17) is 9.16 Å². The van der Waals surface area contributed by atoms with Crippen LogP contribution in [0, 0.1) is 0 Å². The number of methoxy groups -OCH3 is 1. The largest absolute Gasteiger partial charge is 0.497 e. The highest BCUT2D eigenvalue weighted by Crippen LogP contribution is 2.37. The maximum absolute atomic E-state index is 14.1. The first-order chi connectivity index (χ1) is 27.6. The molecular formula is C46H60N4O7Si. The van der Waals surface area contributed by atoms with Crippen LogP contribution < -0.4 is 31.1 Å².